The standard InChI is InChI=1S/C9H19O/c1-8(2)6-10-7-9(3,4)5/h8H,3,6-7H2,1-2,4-5H3. The van der Waals surface area contributed by atoms with Gasteiger partial charge in [0.2, 0.25) is 0 Å². The summed E-state index contributed by atoms with van der Waals surface area (Å²) in [5.74, 6) is 0.627. The molecule has 0 saturated carbocycles. The lowest BCUT2D eigenvalue weighted by molar-refractivity contribution is 0.0645. The molecule has 0 aromatic heterocycles. The summed E-state index contributed by atoms with van der Waals surface area (Å²) in [4.78, 5) is 0. The molecular weight excluding hydrogens is 124 g/mol. The Morgan fingerprint density at radius 1 is 1.40 bits per heavy atom. The highest BCUT2D eigenvalue weighted by molar-refractivity contribution is 4.69. The third-order valence-corrected chi connectivity index (χ3v) is 0.944. The lowest BCUT2D eigenvalue weighted by Crippen LogP contribution is -2.16. The maximum absolute atomic E-state index is 5.40. The molecule has 0 spiro atoms. The monoisotopic (exact) mass is 143 g/mol. The van der Waals surface area contributed by atoms with Crippen LogP contribution in [0.5, 0.6) is 0 Å². The van der Waals surface area contributed by atoms with Gasteiger partial charge in [-0.05, 0) is 18.3 Å². The van der Waals surface area contributed by atoms with E-state index in [0.717, 1.165) is 13.2 Å². The van der Waals surface area contributed by atoms with Gasteiger partial charge in [0.15, 0.2) is 0 Å². The Hall–Kier alpha value is -0.0400. The van der Waals surface area contributed by atoms with Crippen molar-refractivity contribution < 1.29 is 4.74 Å². The molecule has 0 heterocycles. The minimum Gasteiger partial charge on any atom is -0.381 e. The van der Waals surface area contributed by atoms with Crippen molar-refractivity contribution in [2.75, 3.05) is 13.2 Å². The van der Waals surface area contributed by atoms with Crippen LogP contribution < -0.4 is 0 Å². The van der Waals surface area contributed by atoms with Crippen LogP contribution in [-0.4, -0.2) is 13.2 Å². The van der Waals surface area contributed by atoms with Crippen LogP contribution in [0.4, 0.5) is 0 Å². The van der Waals surface area contributed by atoms with E-state index in [-0.39, 0.29) is 5.41 Å². The second-order valence-corrected chi connectivity index (χ2v) is 4.07. The van der Waals surface area contributed by atoms with Gasteiger partial charge in [0.25, 0.3) is 0 Å². The molecule has 0 unspecified atom stereocenters. The van der Waals surface area contributed by atoms with Crippen molar-refractivity contribution in [3.05, 3.63) is 6.92 Å². The van der Waals surface area contributed by atoms with Crippen LogP contribution in [0.25, 0.3) is 0 Å². The fraction of sp³-hybridized carbons (Fsp3) is 0.889. The predicted octanol–water partition coefficient (Wildman–Crippen LogP) is 2.52. The van der Waals surface area contributed by atoms with Crippen LogP contribution >= 0.6 is 0 Å². The molecule has 0 N–H and O–H groups in total. The molecule has 0 saturated heterocycles. The van der Waals surface area contributed by atoms with Crippen LogP contribution in [-0.2, 0) is 4.74 Å². The van der Waals surface area contributed by atoms with Gasteiger partial charge in [0.05, 0.1) is 6.61 Å². The first-order valence-electron chi connectivity index (χ1n) is 3.85. The van der Waals surface area contributed by atoms with E-state index in [4.69, 9.17) is 4.74 Å². The Kier molecular flexibility index (Phi) is 3.95. The minimum atomic E-state index is 0.0644. The molecule has 1 radical (unpaired) electrons. The van der Waals surface area contributed by atoms with Gasteiger partial charge in [0.1, 0.15) is 0 Å². The van der Waals surface area contributed by atoms with E-state index in [0.29, 0.717) is 5.92 Å². The smallest absolute Gasteiger partial charge is 0.0517 e. The summed E-state index contributed by atoms with van der Waals surface area (Å²) in [5.41, 5.74) is 0.0644. The van der Waals surface area contributed by atoms with Crippen molar-refractivity contribution in [2.45, 2.75) is 27.7 Å². The summed E-state index contributed by atoms with van der Waals surface area (Å²) in [5, 5.41) is 0. The largest absolute Gasteiger partial charge is 0.381 e. The third-order valence-electron chi connectivity index (χ3n) is 0.944. The molecule has 1 nitrogen and oxygen atoms in total. The topological polar surface area (TPSA) is 9.23 Å². The lowest BCUT2D eigenvalue weighted by Gasteiger charge is -2.18. The molecular formula is C9H19O. The Labute approximate surface area is 64.8 Å². The van der Waals surface area contributed by atoms with E-state index < -0.39 is 0 Å². The number of ether oxygens (including phenoxy) is 1. The molecule has 1 heteroatoms. The second-order valence-electron chi connectivity index (χ2n) is 4.07. The molecule has 0 aliphatic carbocycles. The summed E-state index contributed by atoms with van der Waals surface area (Å²) in [7, 11) is 0. The Morgan fingerprint density at radius 2 is 1.90 bits per heavy atom. The zero-order valence-electron chi connectivity index (χ0n) is 7.61. The highest BCUT2D eigenvalue weighted by Crippen LogP contribution is 2.12. The first-order valence-corrected chi connectivity index (χ1v) is 3.85. The lowest BCUT2D eigenvalue weighted by atomic mass is 9.99. The zero-order valence-corrected chi connectivity index (χ0v) is 7.61. The van der Waals surface area contributed by atoms with Gasteiger partial charge < -0.3 is 4.74 Å². The maximum Gasteiger partial charge on any atom is 0.0517 e. The molecule has 0 fully saturated rings. The molecule has 0 aromatic rings. The highest BCUT2D eigenvalue weighted by atomic mass is 16.5. The zero-order chi connectivity index (χ0) is 8.20. The van der Waals surface area contributed by atoms with Gasteiger partial charge >= 0.3 is 0 Å². The normalized spacial score (nSPS) is 12.6. The summed E-state index contributed by atoms with van der Waals surface area (Å²) in [6.07, 6.45) is 0. The van der Waals surface area contributed by atoms with Gasteiger partial charge in [0, 0.05) is 6.61 Å². The van der Waals surface area contributed by atoms with E-state index in [9.17, 15) is 0 Å². The summed E-state index contributed by atoms with van der Waals surface area (Å²) >= 11 is 0. The van der Waals surface area contributed by atoms with Crippen LogP contribution in [0.3, 0.4) is 0 Å². The molecule has 0 aliphatic heterocycles. The fourth-order valence-electron chi connectivity index (χ4n) is 0.571. The van der Waals surface area contributed by atoms with E-state index in [2.05, 4.69) is 34.6 Å². The maximum atomic E-state index is 5.40. The summed E-state index contributed by atoms with van der Waals surface area (Å²) in [6.45, 7) is 14.0. The van der Waals surface area contributed by atoms with Crippen molar-refractivity contribution in [3.63, 3.8) is 0 Å². The highest BCUT2D eigenvalue weighted by Gasteiger charge is 2.09. The molecule has 10 heavy (non-hydrogen) atoms. The quantitative estimate of drug-likeness (QED) is 0.587. The molecule has 61 valence electrons. The summed E-state index contributed by atoms with van der Waals surface area (Å²) < 4.78 is 5.40. The van der Waals surface area contributed by atoms with Crippen LogP contribution in [0, 0.1) is 18.3 Å². The van der Waals surface area contributed by atoms with Gasteiger partial charge in [-0.2, -0.15) is 0 Å². The van der Waals surface area contributed by atoms with Crippen LogP contribution in [0.2, 0.25) is 0 Å². The van der Waals surface area contributed by atoms with Crippen molar-refractivity contribution >= 4 is 0 Å². The van der Waals surface area contributed by atoms with Crippen molar-refractivity contribution in [2.24, 2.45) is 11.3 Å². The minimum absolute atomic E-state index is 0.0644. The third kappa shape index (κ3) is 7.96. The fourth-order valence-corrected chi connectivity index (χ4v) is 0.571. The van der Waals surface area contributed by atoms with E-state index in [1.54, 1.807) is 0 Å². The first-order chi connectivity index (χ1) is 4.42. The van der Waals surface area contributed by atoms with Gasteiger partial charge in [-0.1, -0.05) is 27.7 Å². The molecule has 0 bridgehead atoms. The first kappa shape index (κ1) is 9.96. The van der Waals surface area contributed by atoms with Gasteiger partial charge in [-0.25, -0.2) is 0 Å². The molecule has 0 rings (SSSR count). The van der Waals surface area contributed by atoms with Crippen LogP contribution in [0.15, 0.2) is 0 Å². The Balaban J connectivity index is 3.21. The average Bonchev–Trinajstić information content (AvgIpc) is 1.59. The van der Waals surface area contributed by atoms with E-state index in [1.807, 2.05) is 0 Å². The average molecular weight is 143 g/mol. The number of rotatable bonds is 4. The SMILES string of the molecule is [CH2]C(C)(C)COCC(C)C. The van der Waals surface area contributed by atoms with Gasteiger partial charge in [-0.3, -0.25) is 0 Å². The van der Waals surface area contributed by atoms with Crippen LogP contribution in [0.1, 0.15) is 27.7 Å². The number of hydrogen-bond donors (Lipinski definition) is 0. The predicted molar refractivity (Wildman–Crippen MR) is 44.8 cm³/mol. The molecule has 0 amide bonds. The second kappa shape index (κ2) is 3.97. The number of hydrogen-bond acceptors (Lipinski definition) is 1. The molecule has 0 atom stereocenters. The van der Waals surface area contributed by atoms with Gasteiger partial charge in [-0.15, -0.1) is 0 Å². The van der Waals surface area contributed by atoms with E-state index >= 15 is 0 Å². The Morgan fingerprint density at radius 3 is 2.20 bits per heavy atom. The van der Waals surface area contributed by atoms with Crippen molar-refractivity contribution in [1.29, 1.82) is 0 Å². The molecule has 0 aliphatic rings. The van der Waals surface area contributed by atoms with E-state index in [1.165, 1.54) is 0 Å². The summed E-state index contributed by atoms with van der Waals surface area (Å²) in [6, 6.07) is 0. The van der Waals surface area contributed by atoms with Crippen molar-refractivity contribution in [3.8, 4) is 0 Å². The van der Waals surface area contributed by atoms with Crippen molar-refractivity contribution in [1.82, 2.24) is 0 Å². The Bertz CT molecular complexity index is 79.2. The molecule has 0 aromatic carbocycles.